The number of anilines is 2. The molecule has 0 spiro atoms. The minimum absolute atomic E-state index is 0.0290. The van der Waals surface area contributed by atoms with Gasteiger partial charge in [-0.25, -0.2) is 9.97 Å². The van der Waals surface area contributed by atoms with E-state index in [4.69, 9.17) is 5.73 Å². The fourth-order valence-corrected chi connectivity index (χ4v) is 3.86. The zero-order chi connectivity index (χ0) is 21.4. The molecule has 0 aliphatic carbocycles. The summed E-state index contributed by atoms with van der Waals surface area (Å²) in [6.45, 7) is 6.13. The predicted molar refractivity (Wildman–Crippen MR) is 121 cm³/mol. The second-order valence-electron chi connectivity index (χ2n) is 7.72. The van der Waals surface area contributed by atoms with Crippen LogP contribution in [0.25, 0.3) is 22.2 Å². The van der Waals surface area contributed by atoms with Crippen LogP contribution in [0.15, 0.2) is 48.9 Å². The van der Waals surface area contributed by atoms with Crippen molar-refractivity contribution >= 4 is 28.4 Å². The minimum atomic E-state index is -0.0290. The molecule has 4 rings (SSSR count). The number of nitrogens with two attached hydrogens (primary N) is 1. The molecule has 6 heteroatoms. The summed E-state index contributed by atoms with van der Waals surface area (Å²) < 4.78 is 1.95. The van der Waals surface area contributed by atoms with E-state index >= 15 is 0 Å². The summed E-state index contributed by atoms with van der Waals surface area (Å²) in [5.41, 5.74) is 14.2. The average Bonchev–Trinajstić information content (AvgIpc) is 3.03. The molecule has 0 saturated carbocycles. The predicted octanol–water partition coefficient (Wildman–Crippen LogP) is 4.32. The molecule has 4 aromatic rings. The van der Waals surface area contributed by atoms with Crippen molar-refractivity contribution in [1.82, 2.24) is 14.5 Å². The van der Waals surface area contributed by atoms with Crippen molar-refractivity contribution in [3.63, 3.8) is 0 Å². The number of benzene rings is 2. The van der Waals surface area contributed by atoms with Gasteiger partial charge in [0.25, 0.3) is 0 Å². The Bertz CT molecular complexity index is 1270. The number of amides is 1. The van der Waals surface area contributed by atoms with Crippen molar-refractivity contribution in [3.05, 3.63) is 71.2 Å². The molecule has 0 radical (unpaired) electrons. The first-order chi connectivity index (χ1) is 14.3. The molecule has 2 aromatic carbocycles. The maximum Gasteiger partial charge on any atom is 0.228 e. The fourth-order valence-electron chi connectivity index (χ4n) is 3.86. The molecule has 152 valence electrons. The van der Waals surface area contributed by atoms with Crippen molar-refractivity contribution < 1.29 is 4.79 Å². The molecule has 0 aliphatic rings. The van der Waals surface area contributed by atoms with Crippen LogP contribution in [0.4, 0.5) is 11.5 Å². The summed E-state index contributed by atoms with van der Waals surface area (Å²) >= 11 is 0. The molecule has 1 amide bonds. The Morgan fingerprint density at radius 2 is 1.87 bits per heavy atom. The number of carbonyl (C=O) groups excluding carboxylic acids is 1. The lowest BCUT2D eigenvalue weighted by atomic mass is 9.99. The van der Waals surface area contributed by atoms with Crippen molar-refractivity contribution in [3.8, 4) is 11.1 Å². The van der Waals surface area contributed by atoms with Crippen LogP contribution in [0.1, 0.15) is 22.3 Å². The molecule has 0 saturated heterocycles. The minimum Gasteiger partial charge on any atom is -0.383 e. The van der Waals surface area contributed by atoms with Crippen LogP contribution < -0.4 is 11.1 Å². The molecule has 30 heavy (non-hydrogen) atoms. The van der Waals surface area contributed by atoms with Gasteiger partial charge in [-0.15, -0.1) is 0 Å². The molecule has 0 bridgehead atoms. The zero-order valence-corrected chi connectivity index (χ0v) is 17.7. The van der Waals surface area contributed by atoms with Crippen LogP contribution in [0.2, 0.25) is 0 Å². The standard InChI is InChI=1S/C24H25N5O/c1-14-6-5-7-17(16(14)3)11-21(30)28-18-8-9-19(15(2)10-18)20-12-29(4)24-22(20)23(25)26-13-27-24/h5-10,12-13H,11H2,1-4H3,(H,28,30)(H2,25,26,27). The Hall–Kier alpha value is -3.67. The average molecular weight is 399 g/mol. The molecule has 2 aromatic heterocycles. The second-order valence-corrected chi connectivity index (χ2v) is 7.72. The number of hydrogen-bond acceptors (Lipinski definition) is 4. The molecule has 0 unspecified atom stereocenters. The van der Waals surface area contributed by atoms with Crippen molar-refractivity contribution in [1.29, 1.82) is 0 Å². The molecular weight excluding hydrogens is 374 g/mol. The summed E-state index contributed by atoms with van der Waals surface area (Å²) in [6, 6.07) is 12.0. The molecule has 3 N–H and O–H groups in total. The van der Waals surface area contributed by atoms with Gasteiger partial charge in [-0.2, -0.15) is 0 Å². The third-order valence-corrected chi connectivity index (χ3v) is 5.65. The highest BCUT2D eigenvalue weighted by atomic mass is 16.1. The van der Waals surface area contributed by atoms with E-state index in [0.717, 1.165) is 44.5 Å². The van der Waals surface area contributed by atoms with Crippen LogP contribution in [0, 0.1) is 20.8 Å². The number of fused-ring (bicyclic) bond motifs is 1. The summed E-state index contributed by atoms with van der Waals surface area (Å²) in [5.74, 6) is 0.430. The first kappa shape index (κ1) is 19.6. The van der Waals surface area contributed by atoms with E-state index in [1.165, 1.54) is 11.9 Å². The first-order valence-corrected chi connectivity index (χ1v) is 9.86. The lowest BCUT2D eigenvalue weighted by Crippen LogP contribution is -2.15. The zero-order valence-electron chi connectivity index (χ0n) is 17.7. The normalized spacial score (nSPS) is 11.1. The summed E-state index contributed by atoms with van der Waals surface area (Å²) in [5, 5.41) is 3.86. The number of nitrogens with one attached hydrogen (secondary N) is 1. The Balaban J connectivity index is 1.60. The topological polar surface area (TPSA) is 85.8 Å². The van der Waals surface area contributed by atoms with Gasteiger partial charge in [0.2, 0.25) is 5.91 Å². The summed E-state index contributed by atoms with van der Waals surface area (Å²) in [6.07, 6.45) is 3.84. The number of rotatable bonds is 4. The highest BCUT2D eigenvalue weighted by Crippen LogP contribution is 2.34. The van der Waals surface area contributed by atoms with E-state index in [9.17, 15) is 4.79 Å². The molecule has 0 fully saturated rings. The van der Waals surface area contributed by atoms with Gasteiger partial charge in [0.05, 0.1) is 11.8 Å². The quantitative estimate of drug-likeness (QED) is 0.535. The number of carbonyl (C=O) groups is 1. The first-order valence-electron chi connectivity index (χ1n) is 9.86. The lowest BCUT2D eigenvalue weighted by molar-refractivity contribution is -0.115. The number of nitrogens with zero attached hydrogens (tertiary/aromatic N) is 3. The highest BCUT2D eigenvalue weighted by Gasteiger charge is 2.15. The van der Waals surface area contributed by atoms with Gasteiger partial charge in [-0.3, -0.25) is 4.79 Å². The van der Waals surface area contributed by atoms with Crippen molar-refractivity contribution in [2.45, 2.75) is 27.2 Å². The molecule has 2 heterocycles. The van der Waals surface area contributed by atoms with E-state index in [1.54, 1.807) is 0 Å². The molecule has 6 nitrogen and oxygen atoms in total. The largest absolute Gasteiger partial charge is 0.383 e. The van der Waals surface area contributed by atoms with Gasteiger partial charge < -0.3 is 15.6 Å². The van der Waals surface area contributed by atoms with E-state index in [-0.39, 0.29) is 5.91 Å². The van der Waals surface area contributed by atoms with Crippen molar-refractivity contribution in [2.24, 2.45) is 7.05 Å². The van der Waals surface area contributed by atoms with E-state index < -0.39 is 0 Å². The Morgan fingerprint density at radius 1 is 1.07 bits per heavy atom. The number of nitrogen functional groups attached to an aromatic ring is 1. The summed E-state index contributed by atoms with van der Waals surface area (Å²) in [4.78, 5) is 21.1. The fraction of sp³-hybridized carbons (Fsp3) is 0.208. The molecular formula is C24H25N5O. The molecule has 0 aliphatic heterocycles. The van der Waals surface area contributed by atoms with Gasteiger partial charge in [0.1, 0.15) is 17.8 Å². The van der Waals surface area contributed by atoms with E-state index in [1.807, 2.05) is 55.1 Å². The van der Waals surface area contributed by atoms with E-state index in [2.05, 4.69) is 35.2 Å². The highest BCUT2D eigenvalue weighted by molar-refractivity contribution is 6.01. The third-order valence-electron chi connectivity index (χ3n) is 5.65. The van der Waals surface area contributed by atoms with Gasteiger partial charge in [-0.1, -0.05) is 24.3 Å². The van der Waals surface area contributed by atoms with Gasteiger partial charge in [0.15, 0.2) is 0 Å². The van der Waals surface area contributed by atoms with Crippen LogP contribution >= 0.6 is 0 Å². The Kier molecular flexibility index (Phi) is 4.99. The van der Waals surface area contributed by atoms with Crippen LogP contribution in [0.3, 0.4) is 0 Å². The summed E-state index contributed by atoms with van der Waals surface area (Å²) in [7, 11) is 1.94. The smallest absolute Gasteiger partial charge is 0.228 e. The number of aromatic nitrogens is 3. The SMILES string of the molecule is Cc1cc(NC(=O)Cc2cccc(C)c2C)ccc1-c1cn(C)c2ncnc(N)c12. The molecule has 0 atom stereocenters. The van der Waals surface area contributed by atoms with Gasteiger partial charge in [-0.05, 0) is 60.7 Å². The van der Waals surface area contributed by atoms with Crippen molar-refractivity contribution in [2.75, 3.05) is 11.1 Å². The number of hydrogen-bond donors (Lipinski definition) is 2. The van der Waals surface area contributed by atoms with E-state index in [0.29, 0.717) is 12.2 Å². The van der Waals surface area contributed by atoms with Crippen LogP contribution in [-0.2, 0) is 18.3 Å². The second kappa shape index (κ2) is 7.63. The van der Waals surface area contributed by atoms with Gasteiger partial charge >= 0.3 is 0 Å². The van der Waals surface area contributed by atoms with Crippen LogP contribution in [0.5, 0.6) is 0 Å². The Morgan fingerprint density at radius 3 is 2.63 bits per heavy atom. The lowest BCUT2D eigenvalue weighted by Gasteiger charge is -2.11. The third kappa shape index (κ3) is 3.52. The maximum absolute atomic E-state index is 12.6. The number of aryl methyl sites for hydroxylation is 3. The van der Waals surface area contributed by atoms with Crippen LogP contribution in [-0.4, -0.2) is 20.4 Å². The monoisotopic (exact) mass is 399 g/mol. The Labute approximate surface area is 175 Å². The van der Waals surface area contributed by atoms with Gasteiger partial charge in [0, 0.05) is 24.5 Å². The maximum atomic E-state index is 12.6.